The Balaban J connectivity index is 1.55. The molecule has 27 heavy (non-hydrogen) atoms. The Morgan fingerprint density at radius 3 is 2.59 bits per heavy atom. The van der Waals surface area contributed by atoms with Crippen LogP contribution in [0.2, 0.25) is 0 Å². The van der Waals surface area contributed by atoms with E-state index < -0.39 is 5.60 Å². The van der Waals surface area contributed by atoms with Gasteiger partial charge in [0.05, 0.1) is 12.1 Å². The Morgan fingerprint density at radius 2 is 1.96 bits per heavy atom. The van der Waals surface area contributed by atoms with Crippen molar-refractivity contribution >= 4 is 5.91 Å². The molecular weight excluding hydrogens is 340 g/mol. The van der Waals surface area contributed by atoms with E-state index >= 15 is 0 Å². The van der Waals surface area contributed by atoms with E-state index in [4.69, 9.17) is 0 Å². The van der Waals surface area contributed by atoms with Crippen molar-refractivity contribution in [3.63, 3.8) is 0 Å². The van der Waals surface area contributed by atoms with Crippen molar-refractivity contribution < 1.29 is 9.90 Å². The third-order valence-electron chi connectivity index (χ3n) is 5.14. The fraction of sp³-hybridized carbons (Fsp3) is 0.524. The lowest BCUT2D eigenvalue weighted by atomic mass is 9.97. The molecular formula is C21H30N4O2. The van der Waals surface area contributed by atoms with Gasteiger partial charge < -0.3 is 14.6 Å². The predicted molar refractivity (Wildman–Crippen MR) is 105 cm³/mol. The van der Waals surface area contributed by atoms with Crippen LogP contribution in [0.15, 0.2) is 36.7 Å². The second-order valence-electron chi connectivity index (χ2n) is 8.04. The highest BCUT2D eigenvalue weighted by Gasteiger charge is 2.23. The Hall–Kier alpha value is -2.18. The minimum absolute atomic E-state index is 0.0942. The first-order chi connectivity index (χ1) is 12.8. The lowest BCUT2D eigenvalue weighted by Crippen LogP contribution is -2.48. The van der Waals surface area contributed by atoms with Crippen LogP contribution in [0.4, 0.5) is 0 Å². The van der Waals surface area contributed by atoms with Gasteiger partial charge in [0.25, 0.3) is 5.91 Å². The van der Waals surface area contributed by atoms with Crippen LogP contribution in [0, 0.1) is 0 Å². The molecule has 1 fully saturated rings. The molecule has 1 N–H and O–H groups in total. The van der Waals surface area contributed by atoms with Crippen molar-refractivity contribution in [2.24, 2.45) is 7.05 Å². The summed E-state index contributed by atoms with van der Waals surface area (Å²) in [6.45, 7) is 7.62. The normalized spacial score (nSPS) is 15.9. The first kappa shape index (κ1) is 19.6. The Morgan fingerprint density at radius 1 is 1.22 bits per heavy atom. The predicted octanol–water partition coefficient (Wildman–Crippen LogP) is 2.08. The zero-order valence-electron chi connectivity index (χ0n) is 16.6. The van der Waals surface area contributed by atoms with Crippen LogP contribution in [0.25, 0.3) is 0 Å². The van der Waals surface area contributed by atoms with Crippen molar-refractivity contribution in [1.82, 2.24) is 19.4 Å². The molecule has 0 saturated carbocycles. The molecule has 1 aliphatic heterocycles. The first-order valence-electron chi connectivity index (χ1n) is 9.61. The molecule has 0 spiro atoms. The monoisotopic (exact) mass is 370 g/mol. The Bertz CT molecular complexity index is 770. The van der Waals surface area contributed by atoms with Crippen molar-refractivity contribution in [1.29, 1.82) is 0 Å². The molecule has 1 amide bonds. The molecule has 0 bridgehead atoms. The standard InChI is InChI=1S/C21H30N4O2/c1-21(2,27)8-7-17-5-4-6-18(15-17)20(26)25-13-11-24(12-14-25)16-19-22-9-10-23(19)3/h4-6,9-10,15,27H,7-8,11-14,16H2,1-3H3. The molecule has 1 saturated heterocycles. The van der Waals surface area contributed by atoms with Crippen molar-refractivity contribution in [2.45, 2.75) is 38.8 Å². The first-order valence-corrected chi connectivity index (χ1v) is 9.61. The van der Waals surface area contributed by atoms with Gasteiger partial charge in [0.15, 0.2) is 0 Å². The fourth-order valence-corrected chi connectivity index (χ4v) is 3.35. The maximum absolute atomic E-state index is 12.9. The second kappa shape index (κ2) is 8.23. The van der Waals surface area contributed by atoms with Gasteiger partial charge >= 0.3 is 0 Å². The molecule has 146 valence electrons. The molecule has 2 heterocycles. The van der Waals surface area contributed by atoms with Crippen LogP contribution in [-0.4, -0.2) is 62.1 Å². The SMILES string of the molecule is Cn1ccnc1CN1CCN(C(=O)c2cccc(CCC(C)(C)O)c2)CC1. The number of amides is 1. The minimum atomic E-state index is -0.691. The van der Waals surface area contributed by atoms with E-state index in [-0.39, 0.29) is 5.91 Å². The summed E-state index contributed by atoms with van der Waals surface area (Å²) in [5, 5.41) is 9.91. The number of benzene rings is 1. The van der Waals surface area contributed by atoms with E-state index in [0.717, 1.165) is 56.1 Å². The highest BCUT2D eigenvalue weighted by molar-refractivity contribution is 5.94. The number of nitrogens with zero attached hydrogens (tertiary/aromatic N) is 4. The molecule has 3 rings (SSSR count). The number of hydrogen-bond acceptors (Lipinski definition) is 4. The Labute approximate surface area is 161 Å². The van der Waals surface area contributed by atoms with Gasteiger partial charge in [-0.3, -0.25) is 9.69 Å². The number of aromatic nitrogens is 2. The van der Waals surface area contributed by atoms with Gasteiger partial charge in [-0.25, -0.2) is 4.98 Å². The molecule has 0 aliphatic carbocycles. The maximum atomic E-state index is 12.9. The summed E-state index contributed by atoms with van der Waals surface area (Å²) < 4.78 is 2.04. The van der Waals surface area contributed by atoms with E-state index in [1.807, 2.05) is 67.0 Å². The zero-order chi connectivity index (χ0) is 19.4. The maximum Gasteiger partial charge on any atom is 0.253 e. The summed E-state index contributed by atoms with van der Waals surface area (Å²) in [5.41, 5.74) is 1.14. The lowest BCUT2D eigenvalue weighted by molar-refractivity contribution is 0.0624. The summed E-state index contributed by atoms with van der Waals surface area (Å²) in [7, 11) is 2.01. The van der Waals surface area contributed by atoms with E-state index in [1.54, 1.807) is 0 Å². The molecule has 0 atom stereocenters. The molecule has 2 aromatic rings. The van der Waals surface area contributed by atoms with Crippen LogP contribution in [-0.2, 0) is 20.0 Å². The zero-order valence-corrected chi connectivity index (χ0v) is 16.6. The molecule has 6 nitrogen and oxygen atoms in total. The molecule has 1 aromatic carbocycles. The van der Waals surface area contributed by atoms with Gasteiger partial charge in [0, 0.05) is 51.2 Å². The summed E-state index contributed by atoms with van der Waals surface area (Å²) in [6.07, 6.45) is 5.22. The summed E-state index contributed by atoms with van der Waals surface area (Å²) in [5.74, 6) is 1.14. The van der Waals surface area contributed by atoms with Crippen molar-refractivity contribution in [2.75, 3.05) is 26.2 Å². The number of aliphatic hydroxyl groups is 1. The van der Waals surface area contributed by atoms with Crippen LogP contribution >= 0.6 is 0 Å². The number of carbonyl (C=O) groups is 1. The number of aryl methyl sites for hydroxylation is 2. The Kier molecular flexibility index (Phi) is 5.97. The van der Waals surface area contributed by atoms with E-state index in [9.17, 15) is 9.90 Å². The molecule has 0 unspecified atom stereocenters. The van der Waals surface area contributed by atoms with E-state index in [2.05, 4.69) is 9.88 Å². The topological polar surface area (TPSA) is 61.6 Å². The van der Waals surface area contributed by atoms with Gasteiger partial charge in [-0.15, -0.1) is 0 Å². The average Bonchev–Trinajstić information content (AvgIpc) is 3.04. The summed E-state index contributed by atoms with van der Waals surface area (Å²) >= 11 is 0. The summed E-state index contributed by atoms with van der Waals surface area (Å²) in [6, 6.07) is 7.81. The minimum Gasteiger partial charge on any atom is -0.390 e. The number of imidazole rings is 1. The molecule has 0 radical (unpaired) electrons. The average molecular weight is 370 g/mol. The molecule has 6 heteroatoms. The largest absolute Gasteiger partial charge is 0.390 e. The number of rotatable bonds is 6. The van der Waals surface area contributed by atoms with Gasteiger partial charge in [0.1, 0.15) is 5.82 Å². The number of hydrogen-bond donors (Lipinski definition) is 1. The third kappa shape index (κ3) is 5.40. The number of piperazine rings is 1. The molecule has 1 aromatic heterocycles. The lowest BCUT2D eigenvalue weighted by Gasteiger charge is -2.34. The number of carbonyl (C=O) groups excluding carboxylic acids is 1. The second-order valence-corrected chi connectivity index (χ2v) is 8.04. The van der Waals surface area contributed by atoms with Crippen LogP contribution in [0.1, 0.15) is 42.0 Å². The van der Waals surface area contributed by atoms with Crippen LogP contribution in [0.3, 0.4) is 0 Å². The van der Waals surface area contributed by atoms with Crippen LogP contribution < -0.4 is 0 Å². The summed E-state index contributed by atoms with van der Waals surface area (Å²) in [4.78, 5) is 21.5. The van der Waals surface area contributed by atoms with Crippen molar-refractivity contribution in [3.05, 3.63) is 53.6 Å². The van der Waals surface area contributed by atoms with Gasteiger partial charge in [-0.05, 0) is 44.4 Å². The van der Waals surface area contributed by atoms with Gasteiger partial charge in [-0.2, -0.15) is 0 Å². The van der Waals surface area contributed by atoms with E-state index in [1.165, 1.54) is 0 Å². The fourth-order valence-electron chi connectivity index (χ4n) is 3.35. The van der Waals surface area contributed by atoms with Gasteiger partial charge in [-0.1, -0.05) is 12.1 Å². The van der Waals surface area contributed by atoms with Crippen molar-refractivity contribution in [3.8, 4) is 0 Å². The highest BCUT2D eigenvalue weighted by atomic mass is 16.3. The molecule has 1 aliphatic rings. The quantitative estimate of drug-likeness (QED) is 0.846. The third-order valence-corrected chi connectivity index (χ3v) is 5.14. The highest BCUT2D eigenvalue weighted by Crippen LogP contribution is 2.16. The smallest absolute Gasteiger partial charge is 0.253 e. The van der Waals surface area contributed by atoms with Crippen LogP contribution in [0.5, 0.6) is 0 Å². The van der Waals surface area contributed by atoms with E-state index in [0.29, 0.717) is 6.42 Å². The van der Waals surface area contributed by atoms with Gasteiger partial charge in [0.2, 0.25) is 0 Å².